The molecule has 9 aromatic carbocycles. The zero-order chi connectivity index (χ0) is 37.0. The van der Waals surface area contributed by atoms with E-state index in [1.807, 2.05) is 11.3 Å². The molecule has 0 saturated heterocycles. The van der Waals surface area contributed by atoms with Crippen LogP contribution in [0.3, 0.4) is 0 Å². The van der Waals surface area contributed by atoms with E-state index in [1.54, 1.807) is 0 Å². The number of rotatable bonds is 7. The molecule has 0 N–H and O–H groups in total. The first-order valence-electron chi connectivity index (χ1n) is 18.9. The second kappa shape index (κ2) is 13.3. The summed E-state index contributed by atoms with van der Waals surface area (Å²) < 4.78 is 9.41. The third-order valence-corrected chi connectivity index (χ3v) is 11.9. The number of hydrogen-bond donors (Lipinski definition) is 0. The van der Waals surface area contributed by atoms with Gasteiger partial charge < -0.3 is 14.2 Å². The maximum atomic E-state index is 6.87. The second-order valence-corrected chi connectivity index (χ2v) is 15.2. The number of thiophene rings is 1. The lowest BCUT2D eigenvalue weighted by Crippen LogP contribution is -2.10. The number of benzene rings is 9. The lowest BCUT2D eigenvalue weighted by atomic mass is 10.0. The van der Waals surface area contributed by atoms with E-state index in [0.717, 1.165) is 56.1 Å². The van der Waals surface area contributed by atoms with Crippen molar-refractivity contribution >= 4 is 98.3 Å². The fourth-order valence-electron chi connectivity index (χ4n) is 8.14. The molecule has 3 nitrogen and oxygen atoms in total. The summed E-state index contributed by atoms with van der Waals surface area (Å²) in [5.74, 6) is 0. The van der Waals surface area contributed by atoms with Gasteiger partial charge in [0.1, 0.15) is 5.58 Å². The van der Waals surface area contributed by atoms with Gasteiger partial charge in [-0.25, -0.2) is 0 Å². The van der Waals surface area contributed by atoms with E-state index in [-0.39, 0.29) is 0 Å². The molecule has 0 saturated carbocycles. The van der Waals surface area contributed by atoms with Crippen molar-refractivity contribution in [2.75, 3.05) is 9.80 Å². The van der Waals surface area contributed by atoms with Crippen LogP contribution >= 0.6 is 11.3 Å². The number of para-hydroxylation sites is 3. The highest BCUT2D eigenvalue weighted by molar-refractivity contribution is 7.25. The van der Waals surface area contributed by atoms with E-state index in [0.29, 0.717) is 0 Å². The smallest absolute Gasteiger partial charge is 0.159 e. The van der Waals surface area contributed by atoms with E-state index >= 15 is 0 Å². The molecule has 0 bridgehead atoms. The Hall–Kier alpha value is -7.14. The zero-order valence-electron chi connectivity index (χ0n) is 30.3. The fourth-order valence-corrected chi connectivity index (χ4v) is 9.28. The van der Waals surface area contributed by atoms with Crippen molar-refractivity contribution in [3.8, 4) is 11.1 Å². The molecule has 0 amide bonds. The molecule has 264 valence electrons. The van der Waals surface area contributed by atoms with Crippen molar-refractivity contribution in [1.82, 2.24) is 0 Å². The Balaban J connectivity index is 1.07. The highest BCUT2D eigenvalue weighted by Crippen LogP contribution is 2.46. The van der Waals surface area contributed by atoms with E-state index < -0.39 is 0 Å². The monoisotopic (exact) mass is 734 g/mol. The summed E-state index contributed by atoms with van der Waals surface area (Å²) in [6, 6.07) is 73.8. The molecule has 0 spiro atoms. The molecule has 0 fully saturated rings. The topological polar surface area (TPSA) is 19.6 Å². The summed E-state index contributed by atoms with van der Waals surface area (Å²) >= 11 is 1.84. The van der Waals surface area contributed by atoms with E-state index in [2.05, 4.69) is 216 Å². The molecule has 0 atom stereocenters. The van der Waals surface area contributed by atoms with Crippen LogP contribution in [-0.4, -0.2) is 0 Å². The number of anilines is 6. The van der Waals surface area contributed by atoms with E-state index in [1.165, 1.54) is 42.1 Å². The highest BCUT2D eigenvalue weighted by Gasteiger charge is 2.22. The van der Waals surface area contributed by atoms with Crippen molar-refractivity contribution in [1.29, 1.82) is 0 Å². The van der Waals surface area contributed by atoms with Gasteiger partial charge in [0.2, 0.25) is 0 Å². The van der Waals surface area contributed by atoms with Gasteiger partial charge in [-0.2, -0.15) is 0 Å². The first-order chi connectivity index (χ1) is 27.7. The van der Waals surface area contributed by atoms with E-state index in [4.69, 9.17) is 4.42 Å². The second-order valence-electron chi connectivity index (χ2n) is 14.2. The first-order valence-corrected chi connectivity index (χ1v) is 19.7. The minimum atomic E-state index is 0.848. The van der Waals surface area contributed by atoms with Crippen LogP contribution in [0.1, 0.15) is 0 Å². The lowest BCUT2D eigenvalue weighted by molar-refractivity contribution is 0.669. The number of fused-ring (bicyclic) bond motifs is 7. The SMILES string of the molecule is c1ccc(N(c2ccccc2)c2ccc3oc4c(N(c5ccc(-c6ccc7ccccc7c6)cc5)c5ccc6c(c5)sc5ccccc56)cccc4c3c2)cc1. The third-order valence-electron chi connectivity index (χ3n) is 10.8. The predicted octanol–water partition coefficient (Wildman–Crippen LogP) is 15.7. The van der Waals surface area contributed by atoms with Gasteiger partial charge in [-0.3, -0.25) is 0 Å². The molecular formula is C52H34N2OS. The van der Waals surface area contributed by atoms with Gasteiger partial charge in [0, 0.05) is 59.4 Å². The van der Waals surface area contributed by atoms with Gasteiger partial charge in [0.15, 0.2) is 5.58 Å². The average molecular weight is 735 g/mol. The largest absolute Gasteiger partial charge is 0.454 e. The first kappa shape index (κ1) is 32.3. The van der Waals surface area contributed by atoms with Gasteiger partial charge >= 0.3 is 0 Å². The van der Waals surface area contributed by atoms with Crippen molar-refractivity contribution < 1.29 is 4.42 Å². The molecule has 0 radical (unpaired) electrons. The lowest BCUT2D eigenvalue weighted by Gasteiger charge is -2.26. The summed E-state index contributed by atoms with van der Waals surface area (Å²) in [6.07, 6.45) is 0. The Morgan fingerprint density at radius 3 is 1.75 bits per heavy atom. The predicted molar refractivity (Wildman–Crippen MR) is 239 cm³/mol. The van der Waals surface area contributed by atoms with Crippen LogP contribution in [0, 0.1) is 0 Å². The average Bonchev–Trinajstić information content (AvgIpc) is 3.83. The molecule has 4 heteroatoms. The Labute approximate surface area is 328 Å². The van der Waals surface area contributed by atoms with Crippen molar-refractivity contribution in [2.24, 2.45) is 0 Å². The minimum absolute atomic E-state index is 0.848. The molecule has 56 heavy (non-hydrogen) atoms. The molecule has 2 aromatic heterocycles. The quantitative estimate of drug-likeness (QED) is 0.163. The Morgan fingerprint density at radius 1 is 0.339 bits per heavy atom. The highest BCUT2D eigenvalue weighted by atomic mass is 32.1. The molecule has 11 aromatic rings. The summed E-state index contributed by atoms with van der Waals surface area (Å²) in [5, 5.41) is 7.19. The van der Waals surface area contributed by atoms with Crippen LogP contribution < -0.4 is 9.80 Å². The summed E-state index contributed by atoms with van der Waals surface area (Å²) in [5.41, 5.74) is 10.5. The Bertz CT molecular complexity index is 3160. The van der Waals surface area contributed by atoms with Crippen LogP contribution in [0.15, 0.2) is 211 Å². The minimum Gasteiger partial charge on any atom is -0.454 e. The molecule has 0 aliphatic heterocycles. The van der Waals surface area contributed by atoms with Crippen LogP contribution in [-0.2, 0) is 0 Å². The fraction of sp³-hybridized carbons (Fsp3) is 0. The normalized spacial score (nSPS) is 11.6. The Kier molecular flexibility index (Phi) is 7.68. The van der Waals surface area contributed by atoms with Gasteiger partial charge in [0.05, 0.1) is 5.69 Å². The number of nitrogens with zero attached hydrogens (tertiary/aromatic N) is 2. The number of furan rings is 1. The summed E-state index contributed by atoms with van der Waals surface area (Å²) in [6.45, 7) is 0. The van der Waals surface area contributed by atoms with Crippen LogP contribution in [0.25, 0.3) is 64.0 Å². The third kappa shape index (κ3) is 5.50. The number of hydrogen-bond acceptors (Lipinski definition) is 4. The summed E-state index contributed by atoms with van der Waals surface area (Å²) in [7, 11) is 0. The molecular weight excluding hydrogens is 701 g/mol. The molecule has 0 aliphatic rings. The Morgan fingerprint density at radius 2 is 0.946 bits per heavy atom. The van der Waals surface area contributed by atoms with Crippen LogP contribution in [0.2, 0.25) is 0 Å². The van der Waals surface area contributed by atoms with Crippen molar-refractivity contribution in [3.05, 3.63) is 206 Å². The van der Waals surface area contributed by atoms with Crippen LogP contribution in [0.4, 0.5) is 34.1 Å². The van der Waals surface area contributed by atoms with Gasteiger partial charge in [-0.15, -0.1) is 11.3 Å². The molecule has 0 unspecified atom stereocenters. The maximum Gasteiger partial charge on any atom is 0.159 e. The van der Waals surface area contributed by atoms with E-state index in [9.17, 15) is 0 Å². The van der Waals surface area contributed by atoms with Crippen LogP contribution in [0.5, 0.6) is 0 Å². The van der Waals surface area contributed by atoms with Gasteiger partial charge in [-0.1, -0.05) is 121 Å². The maximum absolute atomic E-state index is 6.87. The van der Waals surface area contributed by atoms with Gasteiger partial charge in [0.25, 0.3) is 0 Å². The molecule has 11 rings (SSSR count). The molecule has 0 aliphatic carbocycles. The van der Waals surface area contributed by atoms with Gasteiger partial charge in [-0.05, 0) is 107 Å². The van der Waals surface area contributed by atoms with Crippen molar-refractivity contribution in [2.45, 2.75) is 0 Å². The van der Waals surface area contributed by atoms with Crippen molar-refractivity contribution in [3.63, 3.8) is 0 Å². The summed E-state index contributed by atoms with van der Waals surface area (Å²) in [4.78, 5) is 4.64. The molecule has 2 heterocycles. The standard InChI is InChI=1S/C52H34N2OS/c1-3-14-39(15-4-1)53(40-16-5-2-6-17-40)42-29-31-49-47(33-42)46-19-11-20-48(52(46)55-49)54(43-28-30-45-44-18-9-10-21-50(44)56-51(45)34-43)41-26-24-36(25-27-41)38-23-22-35-12-7-8-13-37(35)32-38/h1-34H. The zero-order valence-corrected chi connectivity index (χ0v) is 31.2.